The first kappa shape index (κ1) is 14.6. The van der Waals surface area contributed by atoms with Crippen LogP contribution in [0.4, 0.5) is 0 Å². The number of hydrogen-bond acceptors (Lipinski definition) is 2. The van der Waals surface area contributed by atoms with Crippen LogP contribution in [0, 0.1) is 6.92 Å². The second-order valence-electron chi connectivity index (χ2n) is 4.30. The lowest BCUT2D eigenvalue weighted by Gasteiger charge is -2.14. The van der Waals surface area contributed by atoms with Crippen LogP contribution in [-0.2, 0) is 13.2 Å². The molecule has 0 bridgehead atoms. The summed E-state index contributed by atoms with van der Waals surface area (Å²) in [6.07, 6.45) is 0. The number of hydrogen-bond donors (Lipinski definition) is 1. The van der Waals surface area contributed by atoms with Gasteiger partial charge in [0.15, 0.2) is 0 Å². The predicted molar refractivity (Wildman–Crippen MR) is 85.2 cm³/mol. The number of benzene rings is 2. The van der Waals surface area contributed by atoms with Crippen molar-refractivity contribution in [1.29, 1.82) is 0 Å². The topological polar surface area (TPSA) is 35.2 Å². The normalized spacial score (nSPS) is 10.5. The lowest BCUT2D eigenvalue weighted by Crippen LogP contribution is -2.05. The summed E-state index contributed by atoms with van der Waals surface area (Å²) in [6.45, 7) is 3.02. The molecule has 0 fully saturated rings. The Morgan fingerprint density at radius 3 is 2.53 bits per heavy atom. The summed E-state index contributed by atoms with van der Waals surface area (Å²) < 4.78 is 8.03. The average Bonchev–Trinajstić information content (AvgIpc) is 2.38. The molecule has 0 amide bonds. The van der Waals surface area contributed by atoms with Crippen LogP contribution < -0.4 is 10.5 Å². The first-order chi connectivity index (χ1) is 9.11. The molecule has 0 aliphatic heterocycles. The van der Waals surface area contributed by atoms with E-state index < -0.39 is 0 Å². The molecule has 0 spiro atoms. The predicted octanol–water partition coefficient (Wildman–Crippen LogP) is 4.56. The van der Waals surface area contributed by atoms with Crippen molar-refractivity contribution in [3.05, 3.63) is 62.0 Å². The van der Waals surface area contributed by atoms with Crippen molar-refractivity contribution in [3.63, 3.8) is 0 Å². The van der Waals surface area contributed by atoms with Crippen molar-refractivity contribution in [2.75, 3.05) is 0 Å². The second kappa shape index (κ2) is 6.55. The van der Waals surface area contributed by atoms with Gasteiger partial charge in [0, 0.05) is 26.6 Å². The SMILES string of the molecule is Cc1cc(Br)cc(CN)c1OCc1ccccc1Br. The van der Waals surface area contributed by atoms with E-state index in [-0.39, 0.29) is 0 Å². The Bertz CT molecular complexity index is 584. The van der Waals surface area contributed by atoms with Gasteiger partial charge in [0.05, 0.1) is 0 Å². The molecule has 0 heterocycles. The van der Waals surface area contributed by atoms with E-state index in [0.29, 0.717) is 13.2 Å². The summed E-state index contributed by atoms with van der Waals surface area (Å²) >= 11 is 7.00. The Hall–Kier alpha value is -0.840. The molecular formula is C15H15Br2NO. The quantitative estimate of drug-likeness (QED) is 0.838. The summed E-state index contributed by atoms with van der Waals surface area (Å²) in [5, 5.41) is 0. The maximum Gasteiger partial charge on any atom is 0.127 e. The largest absolute Gasteiger partial charge is 0.488 e. The van der Waals surface area contributed by atoms with Gasteiger partial charge in [-0.05, 0) is 30.7 Å². The van der Waals surface area contributed by atoms with Gasteiger partial charge >= 0.3 is 0 Å². The van der Waals surface area contributed by atoms with Gasteiger partial charge in [-0.25, -0.2) is 0 Å². The van der Waals surface area contributed by atoms with E-state index in [1.165, 1.54) is 0 Å². The van der Waals surface area contributed by atoms with E-state index >= 15 is 0 Å². The molecule has 100 valence electrons. The number of rotatable bonds is 4. The van der Waals surface area contributed by atoms with Crippen LogP contribution in [0.1, 0.15) is 16.7 Å². The van der Waals surface area contributed by atoms with Gasteiger partial charge in [0.1, 0.15) is 12.4 Å². The highest BCUT2D eigenvalue weighted by molar-refractivity contribution is 9.10. The second-order valence-corrected chi connectivity index (χ2v) is 6.07. The van der Waals surface area contributed by atoms with Crippen LogP contribution in [0.2, 0.25) is 0 Å². The molecule has 2 N–H and O–H groups in total. The zero-order valence-electron chi connectivity index (χ0n) is 10.6. The van der Waals surface area contributed by atoms with Crippen LogP contribution in [0.5, 0.6) is 5.75 Å². The minimum Gasteiger partial charge on any atom is -0.488 e. The van der Waals surface area contributed by atoms with Crippen LogP contribution in [0.15, 0.2) is 45.3 Å². The maximum atomic E-state index is 5.95. The van der Waals surface area contributed by atoms with Gasteiger partial charge in [-0.2, -0.15) is 0 Å². The first-order valence-corrected chi connectivity index (χ1v) is 7.55. The van der Waals surface area contributed by atoms with Gasteiger partial charge in [-0.15, -0.1) is 0 Å². The number of nitrogens with two attached hydrogens (primary N) is 1. The fourth-order valence-electron chi connectivity index (χ4n) is 1.92. The number of ether oxygens (including phenoxy) is 1. The average molecular weight is 385 g/mol. The lowest BCUT2D eigenvalue weighted by molar-refractivity contribution is 0.300. The van der Waals surface area contributed by atoms with E-state index in [9.17, 15) is 0 Å². The van der Waals surface area contributed by atoms with Crippen LogP contribution >= 0.6 is 31.9 Å². The Balaban J connectivity index is 2.22. The summed E-state index contributed by atoms with van der Waals surface area (Å²) in [5.41, 5.74) is 8.99. The van der Waals surface area contributed by atoms with Gasteiger partial charge < -0.3 is 10.5 Å². The Kier molecular flexibility index (Phi) is 5.02. The maximum absolute atomic E-state index is 5.95. The monoisotopic (exact) mass is 383 g/mol. The molecule has 0 radical (unpaired) electrons. The van der Waals surface area contributed by atoms with Crippen LogP contribution in [0.3, 0.4) is 0 Å². The van der Waals surface area contributed by atoms with Gasteiger partial charge in [0.2, 0.25) is 0 Å². The van der Waals surface area contributed by atoms with E-state index in [4.69, 9.17) is 10.5 Å². The van der Waals surface area contributed by atoms with Crippen LogP contribution in [-0.4, -0.2) is 0 Å². The van der Waals surface area contributed by atoms with Crippen molar-refractivity contribution < 1.29 is 4.74 Å². The molecule has 0 aliphatic rings. The lowest BCUT2D eigenvalue weighted by atomic mass is 10.1. The minimum atomic E-state index is 0.464. The molecule has 2 aromatic rings. The molecule has 0 aliphatic carbocycles. The highest BCUT2D eigenvalue weighted by Gasteiger charge is 2.09. The number of aryl methyl sites for hydroxylation is 1. The fourth-order valence-corrected chi connectivity index (χ4v) is 2.94. The molecule has 19 heavy (non-hydrogen) atoms. The van der Waals surface area contributed by atoms with Crippen LogP contribution in [0.25, 0.3) is 0 Å². The zero-order chi connectivity index (χ0) is 13.8. The first-order valence-electron chi connectivity index (χ1n) is 5.97. The third-order valence-electron chi connectivity index (χ3n) is 2.87. The fraction of sp³-hybridized carbons (Fsp3) is 0.200. The van der Waals surface area contributed by atoms with Gasteiger partial charge in [-0.1, -0.05) is 50.1 Å². The minimum absolute atomic E-state index is 0.464. The Morgan fingerprint density at radius 1 is 1.11 bits per heavy atom. The number of halogens is 2. The summed E-state index contributed by atoms with van der Waals surface area (Å²) in [7, 11) is 0. The molecule has 2 aromatic carbocycles. The van der Waals surface area contributed by atoms with Crippen molar-refractivity contribution in [2.45, 2.75) is 20.1 Å². The summed E-state index contributed by atoms with van der Waals surface area (Å²) in [4.78, 5) is 0. The smallest absolute Gasteiger partial charge is 0.127 e. The van der Waals surface area contributed by atoms with Gasteiger partial charge in [0.25, 0.3) is 0 Å². The molecule has 0 atom stereocenters. The highest BCUT2D eigenvalue weighted by atomic mass is 79.9. The summed E-state index contributed by atoms with van der Waals surface area (Å²) in [5.74, 6) is 0.876. The molecule has 2 rings (SSSR count). The highest BCUT2D eigenvalue weighted by Crippen LogP contribution is 2.29. The zero-order valence-corrected chi connectivity index (χ0v) is 13.8. The van der Waals surface area contributed by atoms with E-state index in [1.54, 1.807) is 0 Å². The van der Waals surface area contributed by atoms with E-state index in [0.717, 1.165) is 31.4 Å². The van der Waals surface area contributed by atoms with Gasteiger partial charge in [-0.3, -0.25) is 0 Å². The molecule has 0 unspecified atom stereocenters. The van der Waals surface area contributed by atoms with E-state index in [2.05, 4.69) is 31.9 Å². The van der Waals surface area contributed by atoms with Crippen molar-refractivity contribution in [1.82, 2.24) is 0 Å². The van der Waals surface area contributed by atoms with Crippen molar-refractivity contribution >= 4 is 31.9 Å². The van der Waals surface area contributed by atoms with Crippen molar-refractivity contribution in [3.8, 4) is 5.75 Å². The van der Waals surface area contributed by atoms with E-state index in [1.807, 2.05) is 43.3 Å². The third kappa shape index (κ3) is 3.59. The van der Waals surface area contributed by atoms with Crippen molar-refractivity contribution in [2.24, 2.45) is 5.73 Å². The molecule has 0 saturated carbocycles. The molecule has 0 saturated heterocycles. The molecule has 0 aromatic heterocycles. The molecule has 2 nitrogen and oxygen atoms in total. The summed E-state index contributed by atoms with van der Waals surface area (Å²) in [6, 6.07) is 12.1. The Labute approximate surface area is 130 Å². The Morgan fingerprint density at radius 2 is 1.84 bits per heavy atom. The standard InChI is InChI=1S/C15H15Br2NO/c1-10-6-13(16)7-12(8-18)15(10)19-9-11-4-2-3-5-14(11)17/h2-7H,8-9,18H2,1H3. The molecular weight excluding hydrogens is 370 g/mol. The third-order valence-corrected chi connectivity index (χ3v) is 4.10. The molecule has 4 heteroatoms.